The van der Waals surface area contributed by atoms with E-state index in [9.17, 15) is 10.2 Å². The summed E-state index contributed by atoms with van der Waals surface area (Å²) in [5.41, 5.74) is 2.94. The highest BCUT2D eigenvalue weighted by Crippen LogP contribution is 2.27. The molecule has 4 rings (SSSR count). The van der Waals surface area contributed by atoms with Crippen molar-refractivity contribution in [1.82, 2.24) is 0 Å². The van der Waals surface area contributed by atoms with Crippen molar-refractivity contribution < 1.29 is 29.2 Å². The van der Waals surface area contributed by atoms with E-state index >= 15 is 0 Å². The monoisotopic (exact) mass is 450 g/mol. The number of hydrogen-bond donors (Lipinski definition) is 2. The van der Waals surface area contributed by atoms with Gasteiger partial charge in [0, 0.05) is 0 Å². The van der Waals surface area contributed by atoms with Gasteiger partial charge in [-0.25, -0.2) is 0 Å². The van der Waals surface area contributed by atoms with Crippen LogP contribution in [0.5, 0.6) is 0 Å². The second-order valence-corrected chi connectivity index (χ2v) is 8.08. The minimum absolute atomic E-state index is 0.161. The molecule has 6 nitrogen and oxygen atoms in total. The van der Waals surface area contributed by atoms with E-state index < -0.39 is 30.7 Å². The molecule has 0 spiro atoms. The highest BCUT2D eigenvalue weighted by molar-refractivity contribution is 5.15. The first kappa shape index (κ1) is 23.6. The van der Waals surface area contributed by atoms with E-state index in [1.807, 2.05) is 91.0 Å². The van der Waals surface area contributed by atoms with Crippen LogP contribution in [0.4, 0.5) is 0 Å². The van der Waals surface area contributed by atoms with E-state index in [-0.39, 0.29) is 13.2 Å². The van der Waals surface area contributed by atoms with Gasteiger partial charge in [-0.15, -0.1) is 0 Å². The lowest BCUT2D eigenvalue weighted by Crippen LogP contribution is -2.60. The van der Waals surface area contributed by atoms with Crippen molar-refractivity contribution in [2.24, 2.45) is 0 Å². The average Bonchev–Trinajstić information content (AvgIpc) is 2.85. The smallest absolute Gasteiger partial charge is 0.184 e. The number of rotatable bonds is 10. The van der Waals surface area contributed by atoms with Crippen LogP contribution in [0.1, 0.15) is 16.7 Å². The van der Waals surface area contributed by atoms with Crippen LogP contribution in [-0.4, -0.2) is 47.5 Å². The molecule has 0 saturated carbocycles. The van der Waals surface area contributed by atoms with E-state index in [4.69, 9.17) is 18.9 Å². The van der Waals surface area contributed by atoms with E-state index in [1.165, 1.54) is 0 Å². The lowest BCUT2D eigenvalue weighted by Gasteiger charge is -2.42. The molecule has 0 amide bonds. The van der Waals surface area contributed by atoms with Crippen LogP contribution in [-0.2, 0) is 38.8 Å². The van der Waals surface area contributed by atoms with Crippen molar-refractivity contribution in [2.45, 2.75) is 50.5 Å². The zero-order chi connectivity index (χ0) is 22.9. The summed E-state index contributed by atoms with van der Waals surface area (Å²) in [4.78, 5) is 0. The second-order valence-electron chi connectivity index (χ2n) is 8.08. The van der Waals surface area contributed by atoms with Gasteiger partial charge in [0.05, 0.1) is 26.4 Å². The van der Waals surface area contributed by atoms with Gasteiger partial charge >= 0.3 is 0 Å². The largest absolute Gasteiger partial charge is 0.387 e. The molecule has 5 atom stereocenters. The highest BCUT2D eigenvalue weighted by Gasteiger charge is 2.46. The minimum Gasteiger partial charge on any atom is -0.387 e. The number of benzene rings is 3. The molecule has 2 N–H and O–H groups in total. The number of aliphatic hydroxyl groups is 2. The van der Waals surface area contributed by atoms with Gasteiger partial charge in [0.1, 0.15) is 24.4 Å². The van der Waals surface area contributed by atoms with E-state index in [1.54, 1.807) is 0 Å². The van der Waals surface area contributed by atoms with Crippen molar-refractivity contribution in [3.63, 3.8) is 0 Å². The molecular weight excluding hydrogens is 420 g/mol. The highest BCUT2D eigenvalue weighted by atomic mass is 16.7. The molecule has 33 heavy (non-hydrogen) atoms. The lowest BCUT2D eigenvalue weighted by atomic mass is 9.98. The van der Waals surface area contributed by atoms with Crippen molar-refractivity contribution in [3.8, 4) is 0 Å². The number of aliphatic hydroxyl groups excluding tert-OH is 2. The zero-order valence-corrected chi connectivity index (χ0v) is 18.4. The Morgan fingerprint density at radius 3 is 1.58 bits per heavy atom. The van der Waals surface area contributed by atoms with Gasteiger partial charge < -0.3 is 29.2 Å². The van der Waals surface area contributed by atoms with E-state index in [0.717, 1.165) is 16.7 Å². The molecule has 1 aliphatic rings. The third kappa shape index (κ3) is 6.71. The van der Waals surface area contributed by atoms with Crippen LogP contribution < -0.4 is 0 Å². The third-order valence-electron chi connectivity index (χ3n) is 5.60. The quantitative estimate of drug-likeness (QED) is 0.493. The van der Waals surface area contributed by atoms with Crippen molar-refractivity contribution in [2.75, 3.05) is 6.61 Å². The minimum atomic E-state index is -1.30. The van der Waals surface area contributed by atoms with Crippen LogP contribution in [0, 0.1) is 0 Å². The Morgan fingerprint density at radius 2 is 1.06 bits per heavy atom. The topological polar surface area (TPSA) is 77.4 Å². The van der Waals surface area contributed by atoms with E-state index in [0.29, 0.717) is 13.2 Å². The van der Waals surface area contributed by atoms with Crippen LogP contribution in [0.25, 0.3) is 0 Å². The Bertz CT molecular complexity index is 935. The maximum atomic E-state index is 11.1. The molecule has 1 unspecified atom stereocenters. The Morgan fingerprint density at radius 1 is 0.606 bits per heavy atom. The molecule has 0 aliphatic carbocycles. The van der Waals surface area contributed by atoms with Crippen LogP contribution in [0.3, 0.4) is 0 Å². The Labute approximate surface area is 194 Å². The fraction of sp³-hybridized carbons (Fsp3) is 0.333. The van der Waals surface area contributed by atoms with Gasteiger partial charge in [-0.3, -0.25) is 0 Å². The molecule has 6 heteroatoms. The average molecular weight is 451 g/mol. The van der Waals surface area contributed by atoms with Crippen LogP contribution >= 0.6 is 0 Å². The molecule has 0 aromatic heterocycles. The van der Waals surface area contributed by atoms with E-state index in [2.05, 4.69) is 0 Å². The third-order valence-corrected chi connectivity index (χ3v) is 5.60. The summed E-state index contributed by atoms with van der Waals surface area (Å²) < 4.78 is 23.6. The summed E-state index contributed by atoms with van der Waals surface area (Å²) >= 11 is 0. The number of ether oxygens (including phenoxy) is 4. The SMILES string of the molecule is OC1O[C@@H](COCc2ccccc2)[C@H](OCc2ccccc2)[C@H](O)[C@@H]1OCc1ccccc1. The predicted molar refractivity (Wildman–Crippen MR) is 123 cm³/mol. The molecule has 174 valence electrons. The first-order valence-electron chi connectivity index (χ1n) is 11.1. The summed E-state index contributed by atoms with van der Waals surface area (Å²) in [7, 11) is 0. The molecule has 1 heterocycles. The maximum absolute atomic E-state index is 11.1. The molecule has 1 fully saturated rings. The molecule has 1 saturated heterocycles. The van der Waals surface area contributed by atoms with Gasteiger partial charge in [-0.05, 0) is 16.7 Å². The summed E-state index contributed by atoms with van der Waals surface area (Å²) in [6, 6.07) is 29.1. The van der Waals surface area contributed by atoms with Crippen molar-refractivity contribution in [3.05, 3.63) is 108 Å². The van der Waals surface area contributed by atoms with Gasteiger partial charge in [-0.1, -0.05) is 91.0 Å². The fourth-order valence-electron chi connectivity index (χ4n) is 3.83. The molecule has 0 bridgehead atoms. The molecular formula is C27H30O6. The molecule has 3 aromatic carbocycles. The zero-order valence-electron chi connectivity index (χ0n) is 18.4. The summed E-state index contributed by atoms with van der Waals surface area (Å²) in [5, 5.41) is 21.7. The summed E-state index contributed by atoms with van der Waals surface area (Å²) in [5.74, 6) is 0. The van der Waals surface area contributed by atoms with Gasteiger partial charge in [0.15, 0.2) is 6.29 Å². The number of hydrogen-bond acceptors (Lipinski definition) is 6. The molecule has 0 radical (unpaired) electrons. The lowest BCUT2D eigenvalue weighted by molar-refractivity contribution is -0.308. The predicted octanol–water partition coefficient (Wildman–Crippen LogP) is 3.45. The second kappa shape index (κ2) is 12.0. The van der Waals surface area contributed by atoms with Crippen molar-refractivity contribution in [1.29, 1.82) is 0 Å². The normalized spacial score (nSPS) is 25.1. The van der Waals surface area contributed by atoms with Gasteiger partial charge in [0.25, 0.3) is 0 Å². The first-order valence-corrected chi connectivity index (χ1v) is 11.1. The van der Waals surface area contributed by atoms with Crippen LogP contribution in [0.2, 0.25) is 0 Å². The van der Waals surface area contributed by atoms with Crippen molar-refractivity contribution >= 4 is 0 Å². The Hall–Kier alpha value is -2.58. The first-order chi connectivity index (χ1) is 16.2. The van der Waals surface area contributed by atoms with Gasteiger partial charge in [-0.2, -0.15) is 0 Å². The summed E-state index contributed by atoms with van der Waals surface area (Å²) in [6.07, 6.45) is -4.72. The Balaban J connectivity index is 1.41. The van der Waals surface area contributed by atoms with Gasteiger partial charge in [0.2, 0.25) is 0 Å². The summed E-state index contributed by atoms with van der Waals surface area (Å²) in [6.45, 7) is 1.09. The fourth-order valence-corrected chi connectivity index (χ4v) is 3.83. The Kier molecular flexibility index (Phi) is 8.60. The van der Waals surface area contributed by atoms with Crippen LogP contribution in [0.15, 0.2) is 91.0 Å². The standard InChI is InChI=1S/C27H30O6/c28-24-25(31-17-21-12-6-2-7-13-21)23(19-30-16-20-10-4-1-5-11-20)33-27(29)26(24)32-18-22-14-8-3-9-15-22/h1-15,23-29H,16-19H2/t23-,24-,25-,26-,27?/m0/s1. The molecule has 1 aliphatic heterocycles. The maximum Gasteiger partial charge on any atom is 0.184 e. The molecule has 3 aromatic rings.